The van der Waals surface area contributed by atoms with Crippen LogP contribution >= 0.6 is 0 Å². The van der Waals surface area contributed by atoms with E-state index in [0.717, 1.165) is 18.4 Å². The number of ether oxygens (including phenoxy) is 2. The largest absolute Gasteiger partial charge is 0.486 e. The Kier molecular flexibility index (Phi) is 3.74. The maximum absolute atomic E-state index is 12.4. The fraction of sp³-hybridized carbons (Fsp3) is 0.727. The molecule has 0 saturated heterocycles. The van der Waals surface area contributed by atoms with Crippen molar-refractivity contribution in [1.82, 2.24) is 0 Å². The molecule has 2 saturated carbocycles. The van der Waals surface area contributed by atoms with Crippen LogP contribution in [0.5, 0.6) is 0 Å². The maximum atomic E-state index is 12.4. The van der Waals surface area contributed by atoms with E-state index in [0.29, 0.717) is 17.1 Å². The molecule has 5 atom stereocenters. The van der Waals surface area contributed by atoms with Gasteiger partial charge in [-0.05, 0) is 49.4 Å². The van der Waals surface area contributed by atoms with Crippen LogP contribution in [0.4, 0.5) is 0 Å². The van der Waals surface area contributed by atoms with E-state index < -0.39 is 12.1 Å². The average Bonchev–Trinajstić information content (AvgIpc) is 2.78. The highest BCUT2D eigenvalue weighted by Crippen LogP contribution is 2.64. The summed E-state index contributed by atoms with van der Waals surface area (Å²) in [6, 6.07) is 0. The van der Waals surface area contributed by atoms with E-state index in [-0.39, 0.29) is 22.7 Å². The summed E-state index contributed by atoms with van der Waals surface area (Å²) in [5, 5.41) is 0. The second kappa shape index (κ2) is 5.46. The fourth-order valence-corrected chi connectivity index (χ4v) is 6.57. The summed E-state index contributed by atoms with van der Waals surface area (Å²) in [6.07, 6.45) is 8.75. The first-order valence-corrected chi connectivity index (χ1v) is 9.91. The van der Waals surface area contributed by atoms with Crippen LogP contribution in [0.2, 0.25) is 0 Å². The average molecular weight is 358 g/mol. The number of carbonyl (C=O) groups excluding carboxylic acids is 2. The second-order valence-electron chi connectivity index (χ2n) is 9.85. The molecule has 26 heavy (non-hydrogen) atoms. The number of esters is 1. The Balaban J connectivity index is 1.78. The predicted molar refractivity (Wildman–Crippen MR) is 98.2 cm³/mol. The van der Waals surface area contributed by atoms with Crippen LogP contribution in [0.3, 0.4) is 0 Å². The minimum absolute atomic E-state index is 0.139. The summed E-state index contributed by atoms with van der Waals surface area (Å²) in [4.78, 5) is 23.9. The van der Waals surface area contributed by atoms with E-state index in [1.165, 1.54) is 32.3 Å². The van der Waals surface area contributed by atoms with Gasteiger partial charge in [-0.15, -0.1) is 0 Å². The van der Waals surface area contributed by atoms with Gasteiger partial charge in [-0.2, -0.15) is 0 Å². The van der Waals surface area contributed by atoms with Gasteiger partial charge in [0.25, 0.3) is 0 Å². The molecule has 5 unspecified atom stereocenters. The molecule has 0 spiro atoms. The van der Waals surface area contributed by atoms with Crippen LogP contribution in [0.1, 0.15) is 66.7 Å². The second-order valence-corrected chi connectivity index (χ2v) is 9.85. The molecule has 0 amide bonds. The molecule has 0 aromatic rings. The first-order chi connectivity index (χ1) is 12.1. The standard InChI is InChI=1S/C22H30O4/c1-13(23)25-19-14-11-18-21(4)9-6-8-20(2,3)17(21)7-10-22(18,5)26-16(14)12-15(19)24/h11-12,17-19H,6-10H2,1-5H3. The van der Waals surface area contributed by atoms with Crippen LogP contribution in [0, 0.1) is 22.7 Å². The minimum Gasteiger partial charge on any atom is -0.486 e. The van der Waals surface area contributed by atoms with E-state index in [9.17, 15) is 9.59 Å². The van der Waals surface area contributed by atoms with E-state index in [1.54, 1.807) is 0 Å². The van der Waals surface area contributed by atoms with Crippen LogP contribution in [-0.2, 0) is 19.1 Å². The molecule has 1 aliphatic heterocycles. The molecular weight excluding hydrogens is 328 g/mol. The Labute approximate surface area is 156 Å². The van der Waals surface area contributed by atoms with Gasteiger partial charge < -0.3 is 9.47 Å². The molecule has 1 heterocycles. The number of rotatable bonds is 1. The summed E-state index contributed by atoms with van der Waals surface area (Å²) >= 11 is 0. The van der Waals surface area contributed by atoms with E-state index in [1.807, 2.05) is 0 Å². The maximum Gasteiger partial charge on any atom is 0.303 e. The number of hydrogen-bond acceptors (Lipinski definition) is 4. The van der Waals surface area contributed by atoms with Crippen molar-refractivity contribution in [3.63, 3.8) is 0 Å². The van der Waals surface area contributed by atoms with Crippen LogP contribution in [0.15, 0.2) is 23.5 Å². The number of fused-ring (bicyclic) bond motifs is 4. The highest BCUT2D eigenvalue weighted by Gasteiger charge is 2.61. The Hall–Kier alpha value is -1.58. The third-order valence-corrected chi connectivity index (χ3v) is 7.65. The lowest BCUT2D eigenvalue weighted by molar-refractivity contribution is -0.164. The van der Waals surface area contributed by atoms with Crippen LogP contribution in [-0.4, -0.2) is 23.5 Å². The van der Waals surface area contributed by atoms with Crippen LogP contribution < -0.4 is 0 Å². The monoisotopic (exact) mass is 358 g/mol. The van der Waals surface area contributed by atoms with Crippen molar-refractivity contribution in [3.8, 4) is 0 Å². The molecule has 0 aromatic carbocycles. The topological polar surface area (TPSA) is 52.6 Å². The summed E-state index contributed by atoms with van der Waals surface area (Å²) in [5.74, 6) is 0.853. The van der Waals surface area contributed by atoms with Crippen molar-refractivity contribution in [2.24, 2.45) is 22.7 Å². The van der Waals surface area contributed by atoms with Gasteiger partial charge in [0.15, 0.2) is 6.10 Å². The molecule has 0 bridgehead atoms. The van der Waals surface area contributed by atoms with E-state index in [4.69, 9.17) is 9.47 Å². The Bertz CT molecular complexity index is 730. The highest BCUT2D eigenvalue weighted by atomic mass is 16.6. The molecule has 4 rings (SSSR count). The first-order valence-electron chi connectivity index (χ1n) is 9.91. The van der Waals surface area contributed by atoms with Crippen LogP contribution in [0.25, 0.3) is 0 Å². The molecule has 4 nitrogen and oxygen atoms in total. The summed E-state index contributed by atoms with van der Waals surface area (Å²) in [7, 11) is 0. The molecule has 0 N–H and O–H groups in total. The van der Waals surface area contributed by atoms with E-state index >= 15 is 0 Å². The lowest BCUT2D eigenvalue weighted by atomic mass is 9.45. The Morgan fingerprint density at radius 1 is 1.19 bits per heavy atom. The summed E-state index contributed by atoms with van der Waals surface area (Å²) in [5.41, 5.74) is 0.931. The quantitative estimate of drug-likeness (QED) is 0.654. The summed E-state index contributed by atoms with van der Waals surface area (Å²) < 4.78 is 11.8. The smallest absolute Gasteiger partial charge is 0.303 e. The summed E-state index contributed by atoms with van der Waals surface area (Å²) in [6.45, 7) is 10.8. The van der Waals surface area contributed by atoms with Crippen molar-refractivity contribution in [3.05, 3.63) is 23.5 Å². The molecule has 2 fully saturated rings. The van der Waals surface area contributed by atoms with Gasteiger partial charge in [-0.1, -0.05) is 33.3 Å². The highest BCUT2D eigenvalue weighted by molar-refractivity contribution is 6.02. The van der Waals surface area contributed by atoms with Gasteiger partial charge >= 0.3 is 5.97 Å². The van der Waals surface area contributed by atoms with Gasteiger partial charge in [0.05, 0.1) is 0 Å². The van der Waals surface area contributed by atoms with Crippen molar-refractivity contribution in [2.45, 2.75) is 78.4 Å². The molecule has 4 heteroatoms. The molecule has 0 radical (unpaired) electrons. The predicted octanol–water partition coefficient (Wildman–Crippen LogP) is 4.34. The zero-order valence-corrected chi connectivity index (χ0v) is 16.6. The number of hydrogen-bond donors (Lipinski definition) is 0. The van der Waals surface area contributed by atoms with E-state index in [2.05, 4.69) is 33.8 Å². The van der Waals surface area contributed by atoms with Crippen molar-refractivity contribution >= 4 is 11.8 Å². The van der Waals surface area contributed by atoms with Crippen molar-refractivity contribution in [2.75, 3.05) is 0 Å². The normalized spacial score (nSPS) is 43.3. The Morgan fingerprint density at radius 2 is 1.92 bits per heavy atom. The molecule has 142 valence electrons. The van der Waals surface area contributed by atoms with Gasteiger partial charge in [0.2, 0.25) is 5.78 Å². The lowest BCUT2D eigenvalue weighted by Gasteiger charge is -2.62. The van der Waals surface area contributed by atoms with Gasteiger partial charge in [-0.25, -0.2) is 0 Å². The third-order valence-electron chi connectivity index (χ3n) is 7.65. The van der Waals surface area contributed by atoms with Gasteiger partial charge in [0, 0.05) is 24.5 Å². The Morgan fingerprint density at radius 3 is 2.62 bits per heavy atom. The number of carbonyl (C=O) groups is 2. The zero-order chi connectivity index (χ0) is 18.9. The molecule has 3 aliphatic carbocycles. The van der Waals surface area contributed by atoms with Crippen molar-refractivity contribution in [1.29, 1.82) is 0 Å². The lowest BCUT2D eigenvalue weighted by Crippen LogP contribution is -2.59. The van der Waals surface area contributed by atoms with Gasteiger partial charge in [0.1, 0.15) is 11.4 Å². The minimum atomic E-state index is -0.826. The van der Waals surface area contributed by atoms with Gasteiger partial charge in [-0.3, -0.25) is 9.59 Å². The molecular formula is C22H30O4. The van der Waals surface area contributed by atoms with Crippen molar-refractivity contribution < 1.29 is 19.1 Å². The first kappa shape index (κ1) is 17.8. The SMILES string of the molecule is CC(=O)OC1C(=O)C=C2OC3(C)CCC4C(C)(C)CCCC4(C)C3C=C21. The number of ketones is 1. The molecule has 0 aromatic heterocycles. The third kappa shape index (κ3) is 2.40. The zero-order valence-electron chi connectivity index (χ0n) is 16.6. The fourth-order valence-electron chi connectivity index (χ4n) is 6.57. The molecule has 4 aliphatic rings.